The van der Waals surface area contributed by atoms with E-state index in [4.69, 9.17) is 11.6 Å². The van der Waals surface area contributed by atoms with Crippen LogP contribution in [0, 0.1) is 0 Å². The van der Waals surface area contributed by atoms with Crippen molar-refractivity contribution in [2.75, 3.05) is 0 Å². The molecule has 17 heavy (non-hydrogen) atoms. The molecule has 0 aromatic carbocycles. The van der Waals surface area contributed by atoms with Crippen molar-refractivity contribution in [1.29, 1.82) is 0 Å². The van der Waals surface area contributed by atoms with Gasteiger partial charge in [0, 0.05) is 5.56 Å². The van der Waals surface area contributed by atoms with E-state index in [-0.39, 0.29) is 6.61 Å². The van der Waals surface area contributed by atoms with E-state index in [9.17, 15) is 5.11 Å². The zero-order valence-electron chi connectivity index (χ0n) is 10.6. The van der Waals surface area contributed by atoms with E-state index < -0.39 is 0 Å². The lowest BCUT2D eigenvalue weighted by Gasteiger charge is -2.22. The first-order valence-electron chi connectivity index (χ1n) is 6.52. The number of aliphatic hydroxyl groups is 1. The van der Waals surface area contributed by atoms with Crippen molar-refractivity contribution in [3.05, 3.63) is 16.4 Å². The molecule has 0 radical (unpaired) electrons. The minimum Gasteiger partial charge on any atom is -0.391 e. The molecule has 1 aromatic rings. The Kier molecular flexibility index (Phi) is 4.10. The molecular weight excluding hydrogens is 236 g/mol. The number of rotatable bonds is 3. The second kappa shape index (κ2) is 5.40. The van der Waals surface area contributed by atoms with Gasteiger partial charge in [0.25, 0.3) is 0 Å². The minimum atomic E-state index is -0.0148. The number of aliphatic hydroxyl groups excluding tert-OH is 1. The molecule has 0 aliphatic heterocycles. The van der Waals surface area contributed by atoms with Gasteiger partial charge in [0.15, 0.2) is 0 Å². The Labute approximate surface area is 108 Å². The van der Waals surface area contributed by atoms with Crippen molar-refractivity contribution in [3.8, 4) is 0 Å². The highest BCUT2D eigenvalue weighted by Crippen LogP contribution is 2.34. The predicted molar refractivity (Wildman–Crippen MR) is 69.4 cm³/mol. The average molecular weight is 257 g/mol. The maximum atomic E-state index is 9.42. The normalized spacial score (nSPS) is 17.9. The third-order valence-corrected chi connectivity index (χ3v) is 4.00. The maximum Gasteiger partial charge on any atom is 0.133 e. The molecule has 1 aromatic heterocycles. The van der Waals surface area contributed by atoms with Crippen LogP contribution in [0.3, 0.4) is 0 Å². The number of nitrogens with zero attached hydrogens (tertiary/aromatic N) is 2. The summed E-state index contributed by atoms with van der Waals surface area (Å²) in [5.41, 5.74) is 1.76. The van der Waals surface area contributed by atoms with Crippen LogP contribution < -0.4 is 0 Å². The van der Waals surface area contributed by atoms with Crippen LogP contribution in [0.5, 0.6) is 0 Å². The molecule has 1 heterocycles. The first kappa shape index (κ1) is 12.9. The first-order chi connectivity index (χ1) is 8.15. The monoisotopic (exact) mass is 256 g/mol. The van der Waals surface area contributed by atoms with Crippen LogP contribution in [0.15, 0.2) is 0 Å². The molecule has 0 amide bonds. The van der Waals surface area contributed by atoms with Crippen LogP contribution in [0.1, 0.15) is 69.2 Å². The van der Waals surface area contributed by atoms with Gasteiger partial charge < -0.3 is 5.11 Å². The van der Waals surface area contributed by atoms with Crippen molar-refractivity contribution in [3.63, 3.8) is 0 Å². The van der Waals surface area contributed by atoms with Gasteiger partial charge in [-0.15, -0.1) is 0 Å². The molecule has 0 spiro atoms. The SMILES string of the molecule is CC(C)c1nn(C2CCCCC2)c(Cl)c1CO. The Morgan fingerprint density at radius 2 is 2.00 bits per heavy atom. The zero-order valence-corrected chi connectivity index (χ0v) is 11.4. The molecule has 1 aliphatic rings. The van der Waals surface area contributed by atoms with Gasteiger partial charge in [0.05, 0.1) is 18.3 Å². The van der Waals surface area contributed by atoms with E-state index in [1.165, 1.54) is 19.3 Å². The molecule has 96 valence electrons. The summed E-state index contributed by atoms with van der Waals surface area (Å²) in [6, 6.07) is 0.425. The lowest BCUT2D eigenvalue weighted by molar-refractivity contribution is 0.279. The summed E-state index contributed by atoms with van der Waals surface area (Å²) in [5, 5.41) is 14.7. The third-order valence-electron chi connectivity index (χ3n) is 3.60. The quantitative estimate of drug-likeness (QED) is 0.896. The fraction of sp³-hybridized carbons (Fsp3) is 0.769. The Hall–Kier alpha value is -0.540. The van der Waals surface area contributed by atoms with E-state index in [2.05, 4.69) is 18.9 Å². The predicted octanol–water partition coefficient (Wildman–Crippen LogP) is 3.66. The third kappa shape index (κ3) is 2.50. The van der Waals surface area contributed by atoms with Crippen LogP contribution in [0.25, 0.3) is 0 Å². The van der Waals surface area contributed by atoms with Crippen LogP contribution in [0.2, 0.25) is 5.15 Å². The van der Waals surface area contributed by atoms with Crippen molar-refractivity contribution in [1.82, 2.24) is 9.78 Å². The van der Waals surface area contributed by atoms with Crippen LogP contribution in [0.4, 0.5) is 0 Å². The molecule has 1 N–H and O–H groups in total. The summed E-state index contributed by atoms with van der Waals surface area (Å²) in [6.45, 7) is 4.16. The Morgan fingerprint density at radius 1 is 1.35 bits per heavy atom. The highest BCUT2D eigenvalue weighted by atomic mass is 35.5. The van der Waals surface area contributed by atoms with Gasteiger partial charge in [-0.2, -0.15) is 5.10 Å². The van der Waals surface area contributed by atoms with Crippen LogP contribution >= 0.6 is 11.6 Å². The molecule has 0 atom stereocenters. The summed E-state index contributed by atoms with van der Waals surface area (Å²) < 4.78 is 1.95. The fourth-order valence-corrected chi connectivity index (χ4v) is 2.97. The molecule has 1 aliphatic carbocycles. The Morgan fingerprint density at radius 3 is 2.47 bits per heavy atom. The van der Waals surface area contributed by atoms with Crippen molar-refractivity contribution in [2.45, 2.75) is 64.5 Å². The molecule has 3 nitrogen and oxygen atoms in total. The maximum absolute atomic E-state index is 9.42. The lowest BCUT2D eigenvalue weighted by Crippen LogP contribution is -2.14. The van der Waals surface area contributed by atoms with Gasteiger partial charge in [-0.05, 0) is 18.8 Å². The van der Waals surface area contributed by atoms with E-state index >= 15 is 0 Å². The first-order valence-corrected chi connectivity index (χ1v) is 6.90. The van der Waals surface area contributed by atoms with Crippen LogP contribution in [-0.2, 0) is 6.61 Å². The van der Waals surface area contributed by atoms with E-state index in [1.54, 1.807) is 0 Å². The number of aromatic nitrogens is 2. The van der Waals surface area contributed by atoms with Crippen molar-refractivity contribution < 1.29 is 5.11 Å². The summed E-state index contributed by atoms with van der Waals surface area (Å²) in [5.74, 6) is 0.305. The second-order valence-electron chi connectivity index (χ2n) is 5.20. The highest BCUT2D eigenvalue weighted by molar-refractivity contribution is 6.30. The van der Waals surface area contributed by atoms with E-state index in [0.717, 1.165) is 24.1 Å². The smallest absolute Gasteiger partial charge is 0.133 e. The summed E-state index contributed by atoms with van der Waals surface area (Å²) in [4.78, 5) is 0. The molecule has 0 unspecified atom stereocenters. The Bertz CT molecular complexity index is 381. The van der Waals surface area contributed by atoms with Gasteiger partial charge in [-0.1, -0.05) is 44.7 Å². The fourth-order valence-electron chi connectivity index (χ4n) is 2.64. The van der Waals surface area contributed by atoms with Gasteiger partial charge in [-0.3, -0.25) is 4.68 Å². The molecule has 1 saturated carbocycles. The van der Waals surface area contributed by atoms with E-state index in [0.29, 0.717) is 17.1 Å². The van der Waals surface area contributed by atoms with Gasteiger partial charge >= 0.3 is 0 Å². The van der Waals surface area contributed by atoms with Gasteiger partial charge in [0.1, 0.15) is 5.15 Å². The largest absolute Gasteiger partial charge is 0.391 e. The summed E-state index contributed by atoms with van der Waals surface area (Å²) in [7, 11) is 0. The van der Waals surface area contributed by atoms with Gasteiger partial charge in [-0.25, -0.2) is 0 Å². The molecule has 0 bridgehead atoms. The van der Waals surface area contributed by atoms with E-state index in [1.807, 2.05) is 4.68 Å². The highest BCUT2D eigenvalue weighted by Gasteiger charge is 2.24. The topological polar surface area (TPSA) is 38.0 Å². The molecule has 0 saturated heterocycles. The number of hydrogen-bond acceptors (Lipinski definition) is 2. The lowest BCUT2D eigenvalue weighted by atomic mass is 9.96. The number of hydrogen-bond donors (Lipinski definition) is 1. The second-order valence-corrected chi connectivity index (χ2v) is 5.56. The minimum absolute atomic E-state index is 0.0148. The molecular formula is C13H21ClN2O. The van der Waals surface area contributed by atoms with Crippen molar-refractivity contribution >= 4 is 11.6 Å². The van der Waals surface area contributed by atoms with Gasteiger partial charge in [0.2, 0.25) is 0 Å². The number of halogens is 1. The van der Waals surface area contributed by atoms with Crippen LogP contribution in [-0.4, -0.2) is 14.9 Å². The summed E-state index contributed by atoms with van der Waals surface area (Å²) in [6.07, 6.45) is 6.14. The molecule has 2 rings (SSSR count). The summed E-state index contributed by atoms with van der Waals surface area (Å²) >= 11 is 6.35. The zero-order chi connectivity index (χ0) is 12.4. The molecule has 1 fully saturated rings. The average Bonchev–Trinajstić information content (AvgIpc) is 2.67. The standard InChI is InChI=1S/C13H21ClN2O/c1-9(2)12-11(8-17)13(14)16(15-12)10-6-4-3-5-7-10/h9-10,17H,3-8H2,1-2H3. The Balaban J connectivity index is 2.33. The molecule has 4 heteroatoms. The van der Waals surface area contributed by atoms with Crippen molar-refractivity contribution in [2.24, 2.45) is 0 Å².